The van der Waals surface area contributed by atoms with Crippen LogP contribution in [0.3, 0.4) is 0 Å². The SMILES string of the molecule is CC1OCCC1(Br)C#N. The first-order valence-electron chi connectivity index (χ1n) is 2.91. The van der Waals surface area contributed by atoms with Crippen molar-refractivity contribution in [1.82, 2.24) is 0 Å². The summed E-state index contributed by atoms with van der Waals surface area (Å²) < 4.78 is 4.78. The molecule has 1 aliphatic rings. The Kier molecular flexibility index (Phi) is 1.78. The fraction of sp³-hybridized carbons (Fsp3) is 0.833. The minimum atomic E-state index is -0.410. The summed E-state index contributed by atoms with van der Waals surface area (Å²) in [6.07, 6.45) is 0.826. The Hall–Kier alpha value is -0.0700. The van der Waals surface area contributed by atoms with Crippen molar-refractivity contribution in [2.45, 2.75) is 23.8 Å². The molecule has 0 aromatic carbocycles. The number of nitriles is 1. The highest BCUT2D eigenvalue weighted by Gasteiger charge is 2.39. The first-order valence-corrected chi connectivity index (χ1v) is 3.70. The predicted octanol–water partition coefficient (Wildman–Crippen LogP) is 1.45. The number of nitrogens with zero attached hydrogens (tertiary/aromatic N) is 1. The Morgan fingerprint density at radius 1 is 1.89 bits per heavy atom. The number of hydrogen-bond acceptors (Lipinski definition) is 2. The van der Waals surface area contributed by atoms with Crippen LogP contribution in [-0.2, 0) is 4.74 Å². The van der Waals surface area contributed by atoms with Gasteiger partial charge in [-0.15, -0.1) is 0 Å². The van der Waals surface area contributed by atoms with E-state index in [0.29, 0.717) is 6.61 Å². The van der Waals surface area contributed by atoms with Crippen LogP contribution in [0.15, 0.2) is 0 Å². The first-order chi connectivity index (χ1) is 4.19. The van der Waals surface area contributed by atoms with Gasteiger partial charge in [0.05, 0.1) is 12.2 Å². The Balaban J connectivity index is 2.70. The summed E-state index contributed by atoms with van der Waals surface area (Å²) in [6.45, 7) is 2.60. The van der Waals surface area contributed by atoms with Crippen LogP contribution in [0.25, 0.3) is 0 Å². The number of hydrogen-bond donors (Lipinski definition) is 0. The molecule has 0 aromatic heterocycles. The van der Waals surface area contributed by atoms with Gasteiger partial charge in [-0.1, -0.05) is 15.9 Å². The number of halogens is 1. The van der Waals surface area contributed by atoms with E-state index >= 15 is 0 Å². The van der Waals surface area contributed by atoms with Crippen LogP contribution in [0.4, 0.5) is 0 Å². The molecule has 1 rings (SSSR count). The Labute approximate surface area is 62.9 Å². The largest absolute Gasteiger partial charge is 0.376 e. The second kappa shape index (κ2) is 2.28. The van der Waals surface area contributed by atoms with Crippen LogP contribution in [-0.4, -0.2) is 17.0 Å². The average molecular weight is 190 g/mol. The molecule has 2 atom stereocenters. The van der Waals surface area contributed by atoms with E-state index in [1.165, 1.54) is 0 Å². The number of alkyl halides is 1. The number of ether oxygens (including phenoxy) is 1. The third-order valence-electron chi connectivity index (χ3n) is 1.66. The second-order valence-corrected chi connectivity index (χ2v) is 3.65. The monoisotopic (exact) mass is 189 g/mol. The quantitative estimate of drug-likeness (QED) is 0.541. The Bertz CT molecular complexity index is 154. The minimum Gasteiger partial charge on any atom is -0.376 e. The van der Waals surface area contributed by atoms with E-state index in [1.54, 1.807) is 0 Å². The third kappa shape index (κ3) is 1.10. The summed E-state index contributed by atoms with van der Waals surface area (Å²) in [5.41, 5.74) is 0. The van der Waals surface area contributed by atoms with Crippen molar-refractivity contribution in [3.63, 3.8) is 0 Å². The van der Waals surface area contributed by atoms with Gasteiger partial charge in [0.2, 0.25) is 0 Å². The lowest BCUT2D eigenvalue weighted by Crippen LogP contribution is -2.26. The van der Waals surface area contributed by atoms with Gasteiger partial charge >= 0.3 is 0 Å². The maximum absolute atomic E-state index is 8.62. The van der Waals surface area contributed by atoms with E-state index < -0.39 is 4.32 Å². The van der Waals surface area contributed by atoms with Gasteiger partial charge in [0.15, 0.2) is 0 Å². The zero-order chi connectivity index (χ0) is 6.91. The zero-order valence-electron chi connectivity index (χ0n) is 5.22. The van der Waals surface area contributed by atoms with Gasteiger partial charge in [-0.05, 0) is 6.92 Å². The second-order valence-electron chi connectivity index (χ2n) is 2.24. The standard InChI is InChI=1S/C6H8BrNO/c1-5-6(7,4-8)2-3-9-5/h5H,2-3H2,1H3. The van der Waals surface area contributed by atoms with Gasteiger partial charge in [-0.25, -0.2) is 0 Å². The summed E-state index contributed by atoms with van der Waals surface area (Å²) >= 11 is 3.32. The lowest BCUT2D eigenvalue weighted by atomic mass is 10.1. The molecule has 3 heteroatoms. The van der Waals surface area contributed by atoms with Crippen molar-refractivity contribution in [3.05, 3.63) is 0 Å². The van der Waals surface area contributed by atoms with Crippen molar-refractivity contribution in [2.75, 3.05) is 6.61 Å². The molecule has 2 nitrogen and oxygen atoms in total. The van der Waals surface area contributed by atoms with Crippen molar-refractivity contribution in [1.29, 1.82) is 5.26 Å². The first kappa shape index (κ1) is 7.04. The van der Waals surface area contributed by atoms with E-state index in [0.717, 1.165) is 6.42 Å². The zero-order valence-corrected chi connectivity index (χ0v) is 6.81. The van der Waals surface area contributed by atoms with Gasteiger partial charge in [-0.2, -0.15) is 5.26 Å². The van der Waals surface area contributed by atoms with Crippen LogP contribution in [0, 0.1) is 11.3 Å². The van der Waals surface area contributed by atoms with E-state index in [1.807, 2.05) is 6.92 Å². The van der Waals surface area contributed by atoms with E-state index in [9.17, 15) is 0 Å². The molecule has 0 bridgehead atoms. The van der Waals surface area contributed by atoms with Gasteiger partial charge in [0, 0.05) is 13.0 Å². The molecule has 0 aromatic rings. The summed E-state index contributed by atoms with van der Waals surface area (Å²) in [4.78, 5) is 0. The molecule has 0 saturated carbocycles. The normalized spacial score (nSPS) is 42.6. The molecule has 1 fully saturated rings. The maximum Gasteiger partial charge on any atom is 0.140 e. The van der Waals surface area contributed by atoms with E-state index in [4.69, 9.17) is 10.00 Å². The molecule has 2 unspecified atom stereocenters. The summed E-state index contributed by atoms with van der Waals surface area (Å²) in [5.74, 6) is 0. The third-order valence-corrected chi connectivity index (χ3v) is 2.88. The van der Waals surface area contributed by atoms with E-state index in [-0.39, 0.29) is 6.10 Å². The minimum absolute atomic E-state index is 0.0301. The molecule has 1 aliphatic heterocycles. The molecular formula is C6H8BrNO. The van der Waals surface area contributed by atoms with Crippen LogP contribution >= 0.6 is 15.9 Å². The maximum atomic E-state index is 8.62. The lowest BCUT2D eigenvalue weighted by Gasteiger charge is -2.14. The Morgan fingerprint density at radius 2 is 2.56 bits per heavy atom. The molecule has 0 radical (unpaired) electrons. The topological polar surface area (TPSA) is 33.0 Å². The highest BCUT2D eigenvalue weighted by atomic mass is 79.9. The molecular weight excluding hydrogens is 182 g/mol. The fourth-order valence-corrected chi connectivity index (χ4v) is 1.16. The van der Waals surface area contributed by atoms with Gasteiger partial charge < -0.3 is 4.74 Å². The van der Waals surface area contributed by atoms with Gasteiger partial charge in [0.25, 0.3) is 0 Å². The molecule has 50 valence electrons. The van der Waals surface area contributed by atoms with Gasteiger partial charge in [-0.3, -0.25) is 0 Å². The lowest BCUT2D eigenvalue weighted by molar-refractivity contribution is 0.121. The summed E-state index contributed by atoms with van der Waals surface area (Å²) in [5, 5.41) is 8.62. The molecule has 1 heterocycles. The average Bonchev–Trinajstić information content (AvgIpc) is 2.15. The highest BCUT2D eigenvalue weighted by molar-refractivity contribution is 9.10. The van der Waals surface area contributed by atoms with Crippen LogP contribution in [0.1, 0.15) is 13.3 Å². The van der Waals surface area contributed by atoms with Crippen LogP contribution < -0.4 is 0 Å². The molecule has 0 spiro atoms. The predicted molar refractivity (Wildman–Crippen MR) is 37.3 cm³/mol. The Morgan fingerprint density at radius 3 is 2.78 bits per heavy atom. The molecule has 9 heavy (non-hydrogen) atoms. The molecule has 0 N–H and O–H groups in total. The molecule has 0 amide bonds. The van der Waals surface area contributed by atoms with Crippen molar-refractivity contribution in [2.24, 2.45) is 0 Å². The highest BCUT2D eigenvalue weighted by Crippen LogP contribution is 2.33. The smallest absolute Gasteiger partial charge is 0.140 e. The van der Waals surface area contributed by atoms with Crippen LogP contribution in [0.2, 0.25) is 0 Å². The summed E-state index contributed by atoms with van der Waals surface area (Å²) in [7, 11) is 0. The van der Waals surface area contributed by atoms with Crippen LogP contribution in [0.5, 0.6) is 0 Å². The van der Waals surface area contributed by atoms with Crippen molar-refractivity contribution < 1.29 is 4.74 Å². The molecule has 1 saturated heterocycles. The number of rotatable bonds is 0. The fourth-order valence-electron chi connectivity index (χ4n) is 0.866. The van der Waals surface area contributed by atoms with Crippen molar-refractivity contribution >= 4 is 15.9 Å². The van der Waals surface area contributed by atoms with E-state index in [2.05, 4.69) is 22.0 Å². The molecule has 0 aliphatic carbocycles. The summed E-state index contributed by atoms with van der Waals surface area (Å²) in [6, 6.07) is 2.18. The van der Waals surface area contributed by atoms with Crippen molar-refractivity contribution in [3.8, 4) is 6.07 Å². The van der Waals surface area contributed by atoms with Gasteiger partial charge in [0.1, 0.15) is 4.32 Å².